The molecule has 0 spiro atoms. The van der Waals surface area contributed by atoms with Crippen molar-refractivity contribution in [1.82, 2.24) is 0 Å². The van der Waals surface area contributed by atoms with Crippen LogP contribution in [-0.2, 0) is 14.3 Å². The number of Topliss-reactive ketones (excluding diaryl/α,β-unsaturated/α-hetero) is 1. The van der Waals surface area contributed by atoms with Gasteiger partial charge in [0.15, 0.2) is 0 Å². The van der Waals surface area contributed by atoms with E-state index in [-0.39, 0.29) is 11.2 Å². The molecule has 4 saturated carbocycles. The summed E-state index contributed by atoms with van der Waals surface area (Å²) < 4.78 is 4.61. The first kappa shape index (κ1) is 10.3. The summed E-state index contributed by atoms with van der Waals surface area (Å²) >= 11 is 0. The summed E-state index contributed by atoms with van der Waals surface area (Å²) in [5, 5.41) is 0. The zero-order valence-electron chi connectivity index (χ0n) is 9.70. The lowest BCUT2D eigenvalue weighted by molar-refractivity contribution is -0.164. The number of rotatable bonds is 2. The third-order valence-corrected chi connectivity index (χ3v) is 4.89. The van der Waals surface area contributed by atoms with E-state index in [0.717, 1.165) is 19.3 Å². The van der Waals surface area contributed by atoms with Gasteiger partial charge in [0, 0.05) is 5.41 Å². The monoisotopic (exact) mass is 224 g/mol. The molecule has 0 atom stereocenters. The van der Waals surface area contributed by atoms with Gasteiger partial charge >= 0.3 is 5.97 Å². The van der Waals surface area contributed by atoms with Crippen LogP contribution in [0.2, 0.25) is 0 Å². The number of ketones is 1. The average molecular weight is 224 g/mol. The number of hydrogen-bond donors (Lipinski definition) is 0. The fourth-order valence-electron chi connectivity index (χ4n) is 4.70. The Kier molecular flexibility index (Phi) is 2.13. The van der Waals surface area contributed by atoms with Gasteiger partial charge in [-0.15, -0.1) is 0 Å². The van der Waals surface area contributed by atoms with Gasteiger partial charge in [-0.05, 0) is 56.3 Å². The Balaban J connectivity index is 1.88. The van der Waals surface area contributed by atoms with Crippen LogP contribution < -0.4 is 0 Å². The van der Waals surface area contributed by atoms with Gasteiger partial charge in [0.1, 0.15) is 0 Å². The third-order valence-electron chi connectivity index (χ3n) is 4.89. The standard InChI is InChI=1S/C13H18O3/c1-16-12(15)11(14)13-5-8-2-9(6-13)4-10(3-8)7-13/h8-10H,2-7H2,1H3/i12+2. The molecule has 0 heterocycles. The van der Waals surface area contributed by atoms with Gasteiger partial charge in [0.25, 0.3) is 0 Å². The maximum absolute atomic E-state index is 12.2. The van der Waals surface area contributed by atoms with Gasteiger partial charge in [0.05, 0.1) is 7.11 Å². The number of hydrogen-bond acceptors (Lipinski definition) is 3. The van der Waals surface area contributed by atoms with E-state index in [1.807, 2.05) is 0 Å². The zero-order chi connectivity index (χ0) is 11.3. The van der Waals surface area contributed by atoms with Crippen LogP contribution in [0.25, 0.3) is 0 Å². The van der Waals surface area contributed by atoms with Crippen molar-refractivity contribution in [2.75, 3.05) is 7.11 Å². The van der Waals surface area contributed by atoms with Gasteiger partial charge in [-0.3, -0.25) is 4.79 Å². The second kappa shape index (κ2) is 3.31. The Morgan fingerprint density at radius 3 is 1.94 bits per heavy atom. The maximum atomic E-state index is 12.2. The lowest BCUT2D eigenvalue weighted by Gasteiger charge is -2.55. The first-order valence-electron chi connectivity index (χ1n) is 6.26. The Morgan fingerprint density at radius 2 is 1.56 bits per heavy atom. The molecule has 0 aromatic rings. The van der Waals surface area contributed by atoms with Gasteiger partial charge in [0.2, 0.25) is 5.78 Å². The zero-order valence-corrected chi connectivity index (χ0v) is 9.70. The maximum Gasteiger partial charge on any atom is 0.374 e. The number of carbonyl (C=O) groups is 2. The second-order valence-electron chi connectivity index (χ2n) is 6.02. The summed E-state index contributed by atoms with van der Waals surface area (Å²) in [4.78, 5) is 23.6. The molecule has 4 aliphatic rings. The number of methoxy groups -OCH3 is 1. The molecule has 0 aromatic heterocycles. The van der Waals surface area contributed by atoms with Crippen LogP contribution in [0.3, 0.4) is 0 Å². The molecule has 0 amide bonds. The highest BCUT2D eigenvalue weighted by Crippen LogP contribution is 2.60. The van der Waals surface area contributed by atoms with Crippen LogP contribution in [0.1, 0.15) is 38.5 Å². The summed E-state index contributed by atoms with van der Waals surface area (Å²) in [7, 11) is 1.31. The highest BCUT2D eigenvalue weighted by Gasteiger charge is 2.56. The van der Waals surface area contributed by atoms with Crippen LogP contribution >= 0.6 is 0 Å². The molecule has 4 aliphatic carbocycles. The molecule has 0 saturated heterocycles. The van der Waals surface area contributed by atoms with Crippen molar-refractivity contribution < 1.29 is 14.3 Å². The smallest absolute Gasteiger partial charge is 0.374 e. The number of ether oxygens (including phenoxy) is 1. The lowest BCUT2D eigenvalue weighted by Crippen LogP contribution is -2.52. The number of carbonyl (C=O) groups excluding carboxylic acids is 2. The molecule has 0 N–H and O–H groups in total. The first-order valence-corrected chi connectivity index (χ1v) is 6.26. The van der Waals surface area contributed by atoms with Crippen molar-refractivity contribution in [2.24, 2.45) is 23.2 Å². The molecular weight excluding hydrogens is 206 g/mol. The van der Waals surface area contributed by atoms with Gasteiger partial charge < -0.3 is 4.74 Å². The molecule has 3 heteroatoms. The normalized spacial score (nSPS) is 44.4. The van der Waals surface area contributed by atoms with E-state index >= 15 is 0 Å². The summed E-state index contributed by atoms with van der Waals surface area (Å²) in [6.07, 6.45) is 6.67. The minimum Gasteiger partial charge on any atom is -0.463 e. The molecule has 88 valence electrons. The molecule has 4 fully saturated rings. The van der Waals surface area contributed by atoms with Crippen molar-refractivity contribution in [3.8, 4) is 0 Å². The minimum absolute atomic E-state index is 0.242. The van der Waals surface area contributed by atoms with Crippen molar-refractivity contribution >= 4 is 11.8 Å². The van der Waals surface area contributed by atoms with E-state index in [0.29, 0.717) is 17.8 Å². The van der Waals surface area contributed by atoms with Gasteiger partial charge in [-0.25, -0.2) is 4.79 Å². The molecular formula is C13H18O3. The predicted octanol–water partition coefficient (Wildman–Crippen LogP) is 1.94. The molecule has 0 aliphatic heterocycles. The molecule has 0 unspecified atom stereocenters. The van der Waals surface area contributed by atoms with Crippen LogP contribution in [0.5, 0.6) is 0 Å². The second-order valence-corrected chi connectivity index (χ2v) is 6.02. The Morgan fingerprint density at radius 1 is 1.12 bits per heavy atom. The molecule has 4 rings (SSSR count). The fourth-order valence-corrected chi connectivity index (χ4v) is 4.70. The van der Waals surface area contributed by atoms with Crippen LogP contribution in [0.15, 0.2) is 0 Å². The van der Waals surface area contributed by atoms with E-state index in [9.17, 15) is 9.59 Å². The largest absolute Gasteiger partial charge is 0.463 e. The van der Waals surface area contributed by atoms with Crippen molar-refractivity contribution in [1.29, 1.82) is 0 Å². The Labute approximate surface area is 95.5 Å². The van der Waals surface area contributed by atoms with Crippen LogP contribution in [0, 0.1) is 23.2 Å². The molecule has 4 bridgehead atoms. The van der Waals surface area contributed by atoms with E-state index in [4.69, 9.17) is 0 Å². The summed E-state index contributed by atoms with van der Waals surface area (Å²) in [6.45, 7) is 0. The molecule has 3 nitrogen and oxygen atoms in total. The summed E-state index contributed by atoms with van der Waals surface area (Å²) in [6, 6.07) is 0. The fraction of sp³-hybridized carbons (Fsp3) is 0.846. The molecule has 0 radical (unpaired) electrons. The quantitative estimate of drug-likeness (QED) is 0.532. The average Bonchev–Trinajstić information content (AvgIpc) is 2.25. The SMILES string of the molecule is CO[14C](=O)C(=O)C12CC3CC(CC(C3)C1)C2. The first-order chi connectivity index (χ1) is 7.63. The van der Waals surface area contributed by atoms with Gasteiger partial charge in [-0.1, -0.05) is 0 Å². The number of esters is 1. The Hall–Kier alpha value is -0.860. The van der Waals surface area contributed by atoms with E-state index in [1.165, 1.54) is 26.4 Å². The highest BCUT2D eigenvalue weighted by molar-refractivity contribution is 6.35. The highest BCUT2D eigenvalue weighted by atomic mass is 16.8. The third kappa shape index (κ3) is 1.33. The Bertz CT molecular complexity index is 310. The minimum atomic E-state index is -0.623. The van der Waals surface area contributed by atoms with E-state index in [2.05, 4.69) is 4.74 Å². The molecule has 0 aromatic carbocycles. The van der Waals surface area contributed by atoms with Crippen LogP contribution in [0.4, 0.5) is 0 Å². The molecule has 16 heavy (non-hydrogen) atoms. The van der Waals surface area contributed by atoms with E-state index in [1.54, 1.807) is 0 Å². The van der Waals surface area contributed by atoms with Crippen molar-refractivity contribution in [2.45, 2.75) is 38.5 Å². The van der Waals surface area contributed by atoms with Crippen LogP contribution in [-0.4, -0.2) is 18.9 Å². The van der Waals surface area contributed by atoms with Crippen molar-refractivity contribution in [3.63, 3.8) is 0 Å². The van der Waals surface area contributed by atoms with E-state index < -0.39 is 5.97 Å². The summed E-state index contributed by atoms with van der Waals surface area (Å²) in [5.41, 5.74) is -0.332. The summed E-state index contributed by atoms with van der Waals surface area (Å²) in [5.74, 6) is 1.22. The lowest BCUT2D eigenvalue weighted by atomic mass is 9.49. The predicted molar refractivity (Wildman–Crippen MR) is 57.6 cm³/mol. The van der Waals surface area contributed by atoms with Gasteiger partial charge in [-0.2, -0.15) is 0 Å². The topological polar surface area (TPSA) is 43.4 Å². The van der Waals surface area contributed by atoms with Crippen molar-refractivity contribution in [3.05, 3.63) is 0 Å².